The van der Waals surface area contributed by atoms with E-state index in [-0.39, 0.29) is 5.91 Å². The summed E-state index contributed by atoms with van der Waals surface area (Å²) in [6.45, 7) is 9.20. The molecule has 2 fully saturated rings. The number of hydrogen-bond acceptors (Lipinski definition) is 4. The molecule has 166 valence electrons. The monoisotopic (exact) mass is 416 g/mol. The number of nitrogens with one attached hydrogen (secondary N) is 1. The Labute approximate surface area is 180 Å². The maximum absolute atomic E-state index is 11.9. The maximum atomic E-state index is 11.9. The van der Waals surface area contributed by atoms with E-state index in [1.165, 1.54) is 11.1 Å². The van der Waals surface area contributed by atoms with Crippen molar-refractivity contribution in [1.82, 2.24) is 15.1 Å². The lowest BCUT2D eigenvalue weighted by Crippen LogP contribution is -2.40. The van der Waals surface area contributed by atoms with Gasteiger partial charge in [-0.15, -0.1) is 0 Å². The molecule has 1 aromatic carbocycles. The molecule has 3 rings (SSSR count). The molecule has 0 aromatic heterocycles. The van der Waals surface area contributed by atoms with Crippen LogP contribution in [0, 0.1) is 5.92 Å². The molecule has 7 nitrogen and oxygen atoms in total. The van der Waals surface area contributed by atoms with Crippen molar-refractivity contribution in [3.63, 3.8) is 0 Å². The number of methoxy groups -OCH3 is 1. The van der Waals surface area contributed by atoms with Crippen molar-refractivity contribution in [3.8, 4) is 0 Å². The largest absolute Gasteiger partial charge is 0.382 e. The zero-order valence-corrected chi connectivity index (χ0v) is 18.4. The number of benzene rings is 1. The van der Waals surface area contributed by atoms with Gasteiger partial charge in [0.15, 0.2) is 5.96 Å². The van der Waals surface area contributed by atoms with E-state index in [2.05, 4.69) is 41.4 Å². The summed E-state index contributed by atoms with van der Waals surface area (Å²) in [5.41, 5.74) is 2.35. The first-order valence-electron chi connectivity index (χ1n) is 11.1. The second-order valence-corrected chi connectivity index (χ2v) is 8.08. The molecule has 7 heteroatoms. The summed E-state index contributed by atoms with van der Waals surface area (Å²) < 4.78 is 10.7. The highest BCUT2D eigenvalue weighted by atomic mass is 16.5. The fraction of sp³-hybridized carbons (Fsp3) is 0.652. The van der Waals surface area contributed by atoms with Crippen molar-refractivity contribution in [2.24, 2.45) is 10.9 Å². The van der Waals surface area contributed by atoms with E-state index in [1.807, 2.05) is 4.90 Å². The summed E-state index contributed by atoms with van der Waals surface area (Å²) in [6.07, 6.45) is 2.78. The average Bonchev–Trinajstić information content (AvgIpc) is 3.38. The predicted octanol–water partition coefficient (Wildman–Crippen LogP) is 2.26. The smallest absolute Gasteiger partial charge is 0.222 e. The van der Waals surface area contributed by atoms with Crippen LogP contribution in [0.4, 0.5) is 0 Å². The fourth-order valence-corrected chi connectivity index (χ4v) is 4.06. The zero-order valence-electron chi connectivity index (χ0n) is 18.4. The number of hydrogen-bond donors (Lipinski definition) is 1. The summed E-state index contributed by atoms with van der Waals surface area (Å²) in [5.74, 6) is 1.77. The number of carbonyl (C=O) groups excluding carboxylic acids is 1. The second-order valence-electron chi connectivity index (χ2n) is 8.08. The molecule has 0 radical (unpaired) electrons. The second kappa shape index (κ2) is 11.9. The number of aliphatic imine (C=N–C) groups is 1. The highest BCUT2D eigenvalue weighted by Gasteiger charge is 2.25. The highest BCUT2D eigenvalue weighted by Crippen LogP contribution is 2.18. The Morgan fingerprint density at radius 3 is 2.90 bits per heavy atom. The van der Waals surface area contributed by atoms with Crippen molar-refractivity contribution in [2.45, 2.75) is 39.3 Å². The lowest BCUT2D eigenvalue weighted by atomic mass is 10.1. The molecule has 0 bridgehead atoms. The molecule has 2 aliphatic rings. The van der Waals surface area contributed by atoms with Crippen LogP contribution in [0.5, 0.6) is 0 Å². The average molecular weight is 417 g/mol. The molecular weight excluding hydrogens is 380 g/mol. The van der Waals surface area contributed by atoms with Crippen molar-refractivity contribution in [2.75, 3.05) is 53.1 Å². The minimum absolute atomic E-state index is 0.266. The van der Waals surface area contributed by atoms with Gasteiger partial charge < -0.3 is 24.6 Å². The van der Waals surface area contributed by atoms with Gasteiger partial charge in [0, 0.05) is 52.2 Å². The number of amides is 1. The highest BCUT2D eigenvalue weighted by molar-refractivity contribution is 5.80. The molecule has 1 atom stereocenters. The van der Waals surface area contributed by atoms with Gasteiger partial charge in [0.05, 0.1) is 26.4 Å². The van der Waals surface area contributed by atoms with E-state index in [9.17, 15) is 4.79 Å². The van der Waals surface area contributed by atoms with E-state index in [1.54, 1.807) is 7.11 Å². The summed E-state index contributed by atoms with van der Waals surface area (Å²) in [5, 5.41) is 3.43. The third-order valence-corrected chi connectivity index (χ3v) is 5.65. The van der Waals surface area contributed by atoms with Gasteiger partial charge in [0.2, 0.25) is 5.91 Å². The van der Waals surface area contributed by atoms with E-state index < -0.39 is 0 Å². The first-order valence-corrected chi connectivity index (χ1v) is 11.1. The maximum Gasteiger partial charge on any atom is 0.222 e. The van der Waals surface area contributed by atoms with Crippen molar-refractivity contribution in [3.05, 3.63) is 35.4 Å². The van der Waals surface area contributed by atoms with Gasteiger partial charge in [0.1, 0.15) is 0 Å². The Bertz CT molecular complexity index is 709. The summed E-state index contributed by atoms with van der Waals surface area (Å²) in [4.78, 5) is 21.1. The number of likely N-dealkylation sites (tertiary alicyclic amines) is 2. The lowest BCUT2D eigenvalue weighted by molar-refractivity contribution is -0.128. The SMILES string of the molecule is CCNC(=NCc1cccc(CN2CCCC2=O)c1)N1CCC(COCCOC)C1. The molecule has 1 unspecified atom stereocenters. The molecule has 30 heavy (non-hydrogen) atoms. The number of ether oxygens (including phenoxy) is 2. The first-order chi connectivity index (χ1) is 14.7. The fourth-order valence-electron chi connectivity index (χ4n) is 4.06. The molecule has 2 heterocycles. The molecule has 2 saturated heterocycles. The van der Waals surface area contributed by atoms with Gasteiger partial charge in [-0.3, -0.25) is 4.79 Å². The Hall–Kier alpha value is -2.12. The van der Waals surface area contributed by atoms with Crippen LogP contribution in [-0.4, -0.2) is 74.8 Å². The summed E-state index contributed by atoms with van der Waals surface area (Å²) in [6, 6.07) is 8.45. The predicted molar refractivity (Wildman–Crippen MR) is 118 cm³/mol. The molecule has 1 aromatic rings. The molecule has 1 amide bonds. The number of nitrogens with zero attached hydrogens (tertiary/aromatic N) is 3. The normalized spacial score (nSPS) is 19.7. The number of guanidine groups is 1. The molecular formula is C23H36N4O3. The molecule has 1 N–H and O–H groups in total. The number of carbonyl (C=O) groups is 1. The summed E-state index contributed by atoms with van der Waals surface area (Å²) in [7, 11) is 1.70. The van der Waals surface area contributed by atoms with Crippen LogP contribution in [0.25, 0.3) is 0 Å². The van der Waals surface area contributed by atoms with E-state index in [4.69, 9.17) is 14.5 Å². The van der Waals surface area contributed by atoms with E-state index in [0.29, 0.717) is 38.6 Å². The quantitative estimate of drug-likeness (QED) is 0.360. The van der Waals surface area contributed by atoms with Crippen molar-refractivity contribution >= 4 is 11.9 Å². The van der Waals surface area contributed by atoms with E-state index in [0.717, 1.165) is 51.6 Å². The minimum Gasteiger partial charge on any atom is -0.382 e. The molecule has 2 aliphatic heterocycles. The Kier molecular flexibility index (Phi) is 8.96. The van der Waals surface area contributed by atoms with Crippen LogP contribution in [0.2, 0.25) is 0 Å². The lowest BCUT2D eigenvalue weighted by Gasteiger charge is -2.22. The Morgan fingerprint density at radius 2 is 2.13 bits per heavy atom. The van der Waals surface area contributed by atoms with Crippen molar-refractivity contribution in [1.29, 1.82) is 0 Å². The van der Waals surface area contributed by atoms with Gasteiger partial charge in [-0.2, -0.15) is 0 Å². The molecule has 0 saturated carbocycles. The van der Waals surface area contributed by atoms with Gasteiger partial charge in [-0.05, 0) is 30.9 Å². The Balaban J connectivity index is 1.54. The van der Waals surface area contributed by atoms with Crippen LogP contribution < -0.4 is 5.32 Å². The zero-order chi connectivity index (χ0) is 21.2. The van der Waals surface area contributed by atoms with Gasteiger partial charge >= 0.3 is 0 Å². The standard InChI is InChI=1S/C23H36N4O3/c1-3-24-23(27-11-9-21(17-27)18-30-13-12-29-2)25-15-19-6-4-7-20(14-19)16-26-10-5-8-22(26)28/h4,6-7,14,21H,3,5,8-13,15-18H2,1-2H3,(H,24,25). The Morgan fingerprint density at radius 1 is 1.27 bits per heavy atom. The van der Waals surface area contributed by atoms with Crippen LogP contribution in [0.3, 0.4) is 0 Å². The topological polar surface area (TPSA) is 66.4 Å². The van der Waals surface area contributed by atoms with Crippen LogP contribution >= 0.6 is 0 Å². The van der Waals surface area contributed by atoms with Gasteiger partial charge in [-0.1, -0.05) is 24.3 Å². The first kappa shape index (κ1) is 22.6. The van der Waals surface area contributed by atoms with Gasteiger partial charge in [-0.25, -0.2) is 4.99 Å². The molecule has 0 aliphatic carbocycles. The van der Waals surface area contributed by atoms with Gasteiger partial charge in [0.25, 0.3) is 0 Å². The van der Waals surface area contributed by atoms with Crippen LogP contribution in [0.15, 0.2) is 29.3 Å². The van der Waals surface area contributed by atoms with E-state index >= 15 is 0 Å². The van der Waals surface area contributed by atoms with Crippen LogP contribution in [0.1, 0.15) is 37.3 Å². The minimum atomic E-state index is 0.266. The molecule has 0 spiro atoms. The third-order valence-electron chi connectivity index (χ3n) is 5.65. The van der Waals surface area contributed by atoms with Crippen LogP contribution in [-0.2, 0) is 27.4 Å². The third kappa shape index (κ3) is 6.71. The van der Waals surface area contributed by atoms with Crippen molar-refractivity contribution < 1.29 is 14.3 Å². The summed E-state index contributed by atoms with van der Waals surface area (Å²) >= 11 is 0. The number of rotatable bonds is 10.